The number of carbonyl (C=O) groups is 2. The summed E-state index contributed by atoms with van der Waals surface area (Å²) in [5, 5.41) is 2.78. The first-order chi connectivity index (χ1) is 12.0. The van der Waals surface area contributed by atoms with Crippen molar-refractivity contribution in [1.29, 1.82) is 0 Å². The highest BCUT2D eigenvalue weighted by Crippen LogP contribution is 2.22. The van der Waals surface area contributed by atoms with Crippen LogP contribution in [-0.2, 0) is 11.3 Å². The molecule has 2 rings (SSSR count). The molecule has 0 radical (unpaired) electrons. The summed E-state index contributed by atoms with van der Waals surface area (Å²) in [6.45, 7) is 3.06. The van der Waals surface area contributed by atoms with Gasteiger partial charge in [-0.3, -0.25) is 9.59 Å². The minimum atomic E-state index is -0.509. The van der Waals surface area contributed by atoms with Crippen LogP contribution in [0.1, 0.15) is 39.6 Å². The zero-order valence-electron chi connectivity index (χ0n) is 14.4. The number of primary amides is 1. The van der Waals surface area contributed by atoms with E-state index >= 15 is 0 Å². The summed E-state index contributed by atoms with van der Waals surface area (Å²) in [6, 6.07) is 11.6. The molecule has 2 aromatic carbocycles. The van der Waals surface area contributed by atoms with Gasteiger partial charge in [0.05, 0.1) is 13.7 Å². The molecule has 0 atom stereocenters. The minimum absolute atomic E-state index is 0.258. The van der Waals surface area contributed by atoms with Gasteiger partial charge in [-0.25, -0.2) is 0 Å². The highest BCUT2D eigenvalue weighted by molar-refractivity contribution is 6.04. The molecule has 0 aliphatic carbocycles. The number of benzene rings is 2. The minimum Gasteiger partial charge on any atom is -0.496 e. The summed E-state index contributed by atoms with van der Waals surface area (Å²) in [6.07, 6.45) is 0.920. The van der Waals surface area contributed by atoms with Crippen molar-refractivity contribution in [2.45, 2.75) is 20.0 Å². The molecule has 6 nitrogen and oxygen atoms in total. The van der Waals surface area contributed by atoms with Crippen molar-refractivity contribution in [3.63, 3.8) is 0 Å². The Morgan fingerprint density at radius 1 is 1.08 bits per heavy atom. The summed E-state index contributed by atoms with van der Waals surface area (Å²) in [5.41, 5.74) is 7.47. The third-order valence-corrected chi connectivity index (χ3v) is 3.58. The molecule has 0 unspecified atom stereocenters. The SMILES string of the molecule is CCCOCc1cc(C(=O)Nc2ccc(C(N)=O)cc2)ccc1OC. The van der Waals surface area contributed by atoms with E-state index in [1.807, 2.05) is 6.92 Å². The van der Waals surface area contributed by atoms with Crippen LogP contribution >= 0.6 is 0 Å². The molecule has 6 heteroatoms. The van der Waals surface area contributed by atoms with Crippen molar-refractivity contribution >= 4 is 17.5 Å². The van der Waals surface area contributed by atoms with Crippen molar-refractivity contribution in [3.8, 4) is 5.75 Å². The number of hydrogen-bond donors (Lipinski definition) is 2. The molecule has 0 aromatic heterocycles. The van der Waals surface area contributed by atoms with Crippen LogP contribution in [0.4, 0.5) is 5.69 Å². The number of anilines is 1. The molecule has 25 heavy (non-hydrogen) atoms. The number of amides is 2. The van der Waals surface area contributed by atoms with E-state index in [4.69, 9.17) is 15.2 Å². The second-order valence-corrected chi connectivity index (χ2v) is 5.47. The molecule has 0 fully saturated rings. The second kappa shape index (κ2) is 8.84. The molecule has 0 saturated heterocycles. The Labute approximate surface area is 146 Å². The van der Waals surface area contributed by atoms with Crippen molar-refractivity contribution in [1.82, 2.24) is 0 Å². The van der Waals surface area contributed by atoms with Gasteiger partial charge in [0.2, 0.25) is 5.91 Å². The van der Waals surface area contributed by atoms with Gasteiger partial charge < -0.3 is 20.5 Å². The Bertz CT molecular complexity index is 742. The van der Waals surface area contributed by atoms with Gasteiger partial charge in [0.15, 0.2) is 0 Å². The van der Waals surface area contributed by atoms with Crippen molar-refractivity contribution in [2.24, 2.45) is 5.73 Å². The van der Waals surface area contributed by atoms with Crippen LogP contribution in [0.25, 0.3) is 0 Å². The first-order valence-electron chi connectivity index (χ1n) is 8.01. The summed E-state index contributed by atoms with van der Waals surface area (Å²) in [4.78, 5) is 23.5. The van der Waals surface area contributed by atoms with Gasteiger partial charge in [0, 0.05) is 29.0 Å². The lowest BCUT2D eigenvalue weighted by molar-refractivity contribution is 0.0998. The Morgan fingerprint density at radius 2 is 1.76 bits per heavy atom. The molecule has 0 saturated carbocycles. The third-order valence-electron chi connectivity index (χ3n) is 3.58. The lowest BCUT2D eigenvalue weighted by atomic mass is 10.1. The van der Waals surface area contributed by atoms with Crippen molar-refractivity contribution in [2.75, 3.05) is 19.0 Å². The fraction of sp³-hybridized carbons (Fsp3) is 0.263. The van der Waals surface area contributed by atoms with Gasteiger partial charge in [-0.1, -0.05) is 6.92 Å². The Hall–Kier alpha value is -2.86. The van der Waals surface area contributed by atoms with E-state index in [9.17, 15) is 9.59 Å². The smallest absolute Gasteiger partial charge is 0.255 e. The number of nitrogens with one attached hydrogen (secondary N) is 1. The molecular weight excluding hydrogens is 320 g/mol. The van der Waals surface area contributed by atoms with E-state index in [0.717, 1.165) is 12.0 Å². The summed E-state index contributed by atoms with van der Waals surface area (Å²) in [7, 11) is 1.58. The predicted octanol–water partition coefficient (Wildman–Crippen LogP) is 2.97. The molecule has 3 N–H and O–H groups in total. The molecule has 0 heterocycles. The normalized spacial score (nSPS) is 10.3. The number of ether oxygens (including phenoxy) is 2. The maximum Gasteiger partial charge on any atom is 0.255 e. The van der Waals surface area contributed by atoms with Gasteiger partial charge in [0.1, 0.15) is 5.75 Å². The average Bonchev–Trinajstić information content (AvgIpc) is 2.62. The van der Waals surface area contributed by atoms with Crippen LogP contribution in [-0.4, -0.2) is 25.5 Å². The van der Waals surface area contributed by atoms with Crippen LogP contribution in [0.15, 0.2) is 42.5 Å². The monoisotopic (exact) mass is 342 g/mol. The fourth-order valence-electron chi connectivity index (χ4n) is 2.28. The van der Waals surface area contributed by atoms with E-state index in [2.05, 4.69) is 5.32 Å². The maximum absolute atomic E-state index is 12.4. The van der Waals surface area contributed by atoms with Gasteiger partial charge in [-0.2, -0.15) is 0 Å². The maximum atomic E-state index is 12.4. The lowest BCUT2D eigenvalue weighted by Crippen LogP contribution is -2.14. The van der Waals surface area contributed by atoms with Crippen LogP contribution in [0.5, 0.6) is 5.75 Å². The highest BCUT2D eigenvalue weighted by atomic mass is 16.5. The molecule has 0 aliphatic rings. The quantitative estimate of drug-likeness (QED) is 0.722. The first-order valence-corrected chi connectivity index (χ1v) is 8.01. The van der Waals surface area contributed by atoms with Crippen LogP contribution in [0.3, 0.4) is 0 Å². The summed E-state index contributed by atoms with van der Waals surface area (Å²) >= 11 is 0. The van der Waals surface area contributed by atoms with E-state index < -0.39 is 5.91 Å². The molecule has 0 bridgehead atoms. The second-order valence-electron chi connectivity index (χ2n) is 5.47. The number of nitrogens with two attached hydrogens (primary N) is 1. The van der Waals surface area contributed by atoms with Gasteiger partial charge in [-0.15, -0.1) is 0 Å². The molecule has 132 valence electrons. The van der Waals surface area contributed by atoms with E-state index in [0.29, 0.717) is 35.8 Å². The molecule has 0 spiro atoms. The Morgan fingerprint density at radius 3 is 2.36 bits per heavy atom. The zero-order valence-corrected chi connectivity index (χ0v) is 14.4. The van der Waals surface area contributed by atoms with Gasteiger partial charge in [0.25, 0.3) is 5.91 Å². The topological polar surface area (TPSA) is 90.6 Å². The molecule has 0 aliphatic heterocycles. The molecule has 2 amide bonds. The summed E-state index contributed by atoms with van der Waals surface area (Å²) < 4.78 is 10.9. The van der Waals surface area contributed by atoms with Gasteiger partial charge >= 0.3 is 0 Å². The van der Waals surface area contributed by atoms with E-state index in [-0.39, 0.29) is 5.91 Å². The van der Waals surface area contributed by atoms with E-state index in [1.54, 1.807) is 49.6 Å². The predicted molar refractivity (Wildman–Crippen MR) is 95.9 cm³/mol. The lowest BCUT2D eigenvalue weighted by Gasteiger charge is -2.11. The standard InChI is InChI=1S/C19H22N2O4/c1-3-10-25-12-15-11-14(6-9-17(15)24-2)19(23)21-16-7-4-13(5-8-16)18(20)22/h4-9,11H,3,10,12H2,1-2H3,(H2,20,22)(H,21,23). The first kappa shape index (κ1) is 18.5. The van der Waals surface area contributed by atoms with Crippen LogP contribution in [0, 0.1) is 0 Å². The van der Waals surface area contributed by atoms with Gasteiger partial charge in [-0.05, 0) is 48.9 Å². The zero-order chi connectivity index (χ0) is 18.2. The largest absolute Gasteiger partial charge is 0.496 e. The van der Waals surface area contributed by atoms with Crippen LogP contribution < -0.4 is 15.8 Å². The number of carbonyl (C=O) groups excluding carboxylic acids is 2. The van der Waals surface area contributed by atoms with Crippen LogP contribution in [0.2, 0.25) is 0 Å². The molecule has 2 aromatic rings. The number of hydrogen-bond acceptors (Lipinski definition) is 4. The third kappa shape index (κ3) is 5.06. The Balaban J connectivity index is 2.12. The fourth-order valence-corrected chi connectivity index (χ4v) is 2.28. The Kier molecular flexibility index (Phi) is 6.54. The van der Waals surface area contributed by atoms with E-state index in [1.165, 1.54) is 0 Å². The van der Waals surface area contributed by atoms with Crippen molar-refractivity contribution in [3.05, 3.63) is 59.2 Å². The summed E-state index contributed by atoms with van der Waals surface area (Å²) in [5.74, 6) is -0.0885. The van der Waals surface area contributed by atoms with Crippen molar-refractivity contribution < 1.29 is 19.1 Å². The molecular formula is C19H22N2O4. The average molecular weight is 342 g/mol. The number of methoxy groups -OCH3 is 1. The highest BCUT2D eigenvalue weighted by Gasteiger charge is 2.11. The number of rotatable bonds is 8.